The lowest BCUT2D eigenvalue weighted by Gasteiger charge is -2.42. The monoisotopic (exact) mass is 247 g/mol. The zero-order chi connectivity index (χ0) is 13.2. The maximum Gasteiger partial charge on any atom is 0.102 e. The van der Waals surface area contributed by atoms with E-state index in [1.54, 1.807) is 0 Å². The van der Waals surface area contributed by atoms with Gasteiger partial charge in [-0.05, 0) is 42.3 Å². The minimum absolute atomic E-state index is 0.174. The summed E-state index contributed by atoms with van der Waals surface area (Å²) in [6.07, 6.45) is 2.98. The summed E-state index contributed by atoms with van der Waals surface area (Å²) in [7, 11) is 0. The van der Waals surface area contributed by atoms with Crippen LogP contribution in [0.5, 0.6) is 0 Å². The number of hydrogen-bond donors (Lipinski definition) is 2. The Kier molecular flexibility index (Phi) is 3.79. The number of aliphatic hydroxyl groups is 1. The van der Waals surface area contributed by atoms with Crippen molar-refractivity contribution in [3.63, 3.8) is 0 Å². The van der Waals surface area contributed by atoms with Crippen LogP contribution in [0.3, 0.4) is 0 Å². The van der Waals surface area contributed by atoms with Gasteiger partial charge in [0.1, 0.15) is 5.60 Å². The summed E-state index contributed by atoms with van der Waals surface area (Å²) in [5.74, 6) is 0. The van der Waals surface area contributed by atoms with Crippen LogP contribution < -0.4 is 5.32 Å². The van der Waals surface area contributed by atoms with Crippen molar-refractivity contribution in [2.24, 2.45) is 0 Å². The molecule has 1 aliphatic rings. The van der Waals surface area contributed by atoms with Gasteiger partial charge in [0.2, 0.25) is 0 Å². The number of benzene rings is 1. The molecule has 0 saturated heterocycles. The molecule has 18 heavy (non-hydrogen) atoms. The molecule has 0 aliphatic heterocycles. The van der Waals surface area contributed by atoms with Crippen molar-refractivity contribution in [3.05, 3.63) is 35.4 Å². The van der Waals surface area contributed by atoms with E-state index in [9.17, 15) is 5.11 Å². The highest BCUT2D eigenvalue weighted by Crippen LogP contribution is 2.44. The van der Waals surface area contributed by atoms with Crippen LogP contribution in [0.25, 0.3) is 0 Å². The van der Waals surface area contributed by atoms with Crippen molar-refractivity contribution in [1.29, 1.82) is 0 Å². The van der Waals surface area contributed by atoms with Gasteiger partial charge in [0.25, 0.3) is 0 Å². The third-order valence-electron chi connectivity index (χ3n) is 4.17. The summed E-state index contributed by atoms with van der Waals surface area (Å²) in [5.41, 5.74) is 1.90. The largest absolute Gasteiger partial charge is 0.384 e. The van der Waals surface area contributed by atoms with Gasteiger partial charge in [-0.25, -0.2) is 0 Å². The Morgan fingerprint density at radius 1 is 1.17 bits per heavy atom. The normalized spacial score (nSPS) is 25.8. The second-order valence-electron chi connectivity index (χ2n) is 6.14. The smallest absolute Gasteiger partial charge is 0.102 e. The Morgan fingerprint density at radius 3 is 2.50 bits per heavy atom. The van der Waals surface area contributed by atoms with Gasteiger partial charge in [0.05, 0.1) is 0 Å². The molecule has 0 saturated carbocycles. The van der Waals surface area contributed by atoms with Crippen LogP contribution in [0, 0.1) is 0 Å². The molecular formula is C16H25NO. The number of nitrogens with one attached hydrogen (secondary N) is 1. The molecule has 100 valence electrons. The molecule has 0 spiro atoms. The van der Waals surface area contributed by atoms with Crippen LogP contribution >= 0.6 is 0 Å². The van der Waals surface area contributed by atoms with Gasteiger partial charge < -0.3 is 10.4 Å². The third-order valence-corrected chi connectivity index (χ3v) is 4.17. The first-order chi connectivity index (χ1) is 8.49. The predicted octanol–water partition coefficient (Wildman–Crippen LogP) is 2.95. The molecule has 0 fully saturated rings. The molecule has 1 aliphatic carbocycles. The van der Waals surface area contributed by atoms with Crippen molar-refractivity contribution in [2.45, 2.75) is 51.0 Å². The Morgan fingerprint density at radius 2 is 1.83 bits per heavy atom. The fourth-order valence-electron chi connectivity index (χ4n) is 2.92. The number of fused-ring (bicyclic) bond motifs is 1. The average molecular weight is 247 g/mol. The van der Waals surface area contributed by atoms with Crippen LogP contribution in [-0.2, 0) is 11.0 Å². The average Bonchev–Trinajstić information content (AvgIpc) is 2.36. The van der Waals surface area contributed by atoms with Crippen molar-refractivity contribution >= 4 is 0 Å². The maximum absolute atomic E-state index is 10.9. The van der Waals surface area contributed by atoms with Gasteiger partial charge in [0, 0.05) is 6.54 Å². The van der Waals surface area contributed by atoms with Gasteiger partial charge in [-0.15, -0.1) is 0 Å². The van der Waals surface area contributed by atoms with Crippen molar-refractivity contribution in [1.82, 2.24) is 5.32 Å². The molecule has 0 amide bonds. The first kappa shape index (κ1) is 13.6. The molecule has 0 bridgehead atoms. The molecule has 1 unspecified atom stereocenters. The first-order valence-corrected chi connectivity index (χ1v) is 7.03. The van der Waals surface area contributed by atoms with Gasteiger partial charge >= 0.3 is 0 Å². The molecule has 2 nitrogen and oxygen atoms in total. The molecule has 1 aromatic carbocycles. The van der Waals surface area contributed by atoms with Crippen molar-refractivity contribution in [3.8, 4) is 0 Å². The van der Waals surface area contributed by atoms with Crippen LogP contribution in [0.1, 0.15) is 51.2 Å². The summed E-state index contributed by atoms with van der Waals surface area (Å²) < 4.78 is 0. The lowest BCUT2D eigenvalue weighted by molar-refractivity contribution is 0.00956. The summed E-state index contributed by atoms with van der Waals surface area (Å²) >= 11 is 0. The van der Waals surface area contributed by atoms with Gasteiger partial charge in [-0.3, -0.25) is 0 Å². The fraction of sp³-hybridized carbons (Fsp3) is 0.625. The van der Waals surface area contributed by atoms with E-state index in [0.717, 1.165) is 31.4 Å². The van der Waals surface area contributed by atoms with E-state index in [-0.39, 0.29) is 5.41 Å². The molecule has 1 aromatic rings. The summed E-state index contributed by atoms with van der Waals surface area (Å²) in [6.45, 7) is 8.31. The highest BCUT2D eigenvalue weighted by molar-refractivity contribution is 5.40. The van der Waals surface area contributed by atoms with Crippen LogP contribution in [0.4, 0.5) is 0 Å². The predicted molar refractivity (Wildman–Crippen MR) is 75.8 cm³/mol. The van der Waals surface area contributed by atoms with Crippen molar-refractivity contribution < 1.29 is 5.11 Å². The fourth-order valence-corrected chi connectivity index (χ4v) is 2.92. The SMILES string of the molecule is CCCNCC1(O)CCC(C)(C)c2ccccc21. The minimum Gasteiger partial charge on any atom is -0.384 e. The van der Waals surface area contributed by atoms with E-state index in [1.807, 2.05) is 6.07 Å². The van der Waals surface area contributed by atoms with E-state index < -0.39 is 5.60 Å². The molecular weight excluding hydrogens is 222 g/mol. The standard InChI is InChI=1S/C16H25NO/c1-4-11-17-12-16(18)10-9-15(2,3)13-7-5-6-8-14(13)16/h5-8,17-18H,4,9-12H2,1-3H3. The number of rotatable bonds is 4. The topological polar surface area (TPSA) is 32.3 Å². The molecule has 1 atom stereocenters. The highest BCUT2D eigenvalue weighted by Gasteiger charge is 2.40. The molecule has 2 rings (SSSR count). The second-order valence-corrected chi connectivity index (χ2v) is 6.14. The van der Waals surface area contributed by atoms with Gasteiger partial charge in [0.15, 0.2) is 0 Å². The molecule has 0 aromatic heterocycles. The molecule has 0 heterocycles. The zero-order valence-corrected chi connectivity index (χ0v) is 11.8. The summed E-state index contributed by atoms with van der Waals surface area (Å²) in [5, 5.41) is 14.3. The second kappa shape index (κ2) is 5.02. The minimum atomic E-state index is -0.693. The van der Waals surface area contributed by atoms with Crippen LogP contribution in [0.15, 0.2) is 24.3 Å². The molecule has 2 N–H and O–H groups in total. The van der Waals surface area contributed by atoms with E-state index in [1.165, 1.54) is 5.56 Å². The first-order valence-electron chi connectivity index (χ1n) is 7.03. The Labute approximate surface area is 110 Å². The molecule has 0 radical (unpaired) electrons. The molecule has 2 heteroatoms. The number of hydrogen-bond acceptors (Lipinski definition) is 2. The van der Waals surface area contributed by atoms with E-state index in [0.29, 0.717) is 6.54 Å². The summed E-state index contributed by atoms with van der Waals surface area (Å²) in [4.78, 5) is 0. The van der Waals surface area contributed by atoms with E-state index in [2.05, 4.69) is 44.3 Å². The Hall–Kier alpha value is -0.860. The Bertz CT molecular complexity index is 413. The van der Waals surface area contributed by atoms with Crippen LogP contribution in [-0.4, -0.2) is 18.2 Å². The Balaban J connectivity index is 2.29. The van der Waals surface area contributed by atoms with Gasteiger partial charge in [-0.1, -0.05) is 45.0 Å². The lowest BCUT2D eigenvalue weighted by Crippen LogP contribution is -2.44. The third kappa shape index (κ3) is 2.45. The lowest BCUT2D eigenvalue weighted by atomic mass is 9.67. The van der Waals surface area contributed by atoms with E-state index in [4.69, 9.17) is 0 Å². The van der Waals surface area contributed by atoms with Crippen LogP contribution in [0.2, 0.25) is 0 Å². The van der Waals surface area contributed by atoms with Gasteiger partial charge in [-0.2, -0.15) is 0 Å². The summed E-state index contributed by atoms with van der Waals surface area (Å²) in [6, 6.07) is 8.36. The zero-order valence-electron chi connectivity index (χ0n) is 11.8. The maximum atomic E-state index is 10.9. The van der Waals surface area contributed by atoms with E-state index >= 15 is 0 Å². The van der Waals surface area contributed by atoms with Crippen molar-refractivity contribution in [2.75, 3.05) is 13.1 Å². The highest BCUT2D eigenvalue weighted by atomic mass is 16.3. The quantitative estimate of drug-likeness (QED) is 0.802.